The molecule has 0 atom stereocenters. The third-order valence-electron chi connectivity index (χ3n) is 1.15. The molecule has 1 rings (SSSR count). The molecule has 0 aliphatic carbocycles. The molecule has 0 saturated carbocycles. The van der Waals surface area contributed by atoms with E-state index in [9.17, 15) is 4.79 Å². The molecule has 0 bridgehead atoms. The Labute approximate surface area is 57.8 Å². The highest BCUT2D eigenvalue weighted by atomic mass is 16.6. The fourth-order valence-electron chi connectivity index (χ4n) is 0.695. The fourth-order valence-corrected chi connectivity index (χ4v) is 0.695. The Bertz CT molecular complexity index is 236. The van der Waals surface area contributed by atoms with E-state index in [2.05, 4.69) is 14.2 Å². The van der Waals surface area contributed by atoms with Gasteiger partial charge in [0.05, 0.1) is 0 Å². The van der Waals surface area contributed by atoms with Gasteiger partial charge in [0, 0.05) is 13.5 Å². The molecular formula is C6H8NO3. The second-order valence-electron chi connectivity index (χ2n) is 1.76. The van der Waals surface area contributed by atoms with Crippen molar-refractivity contribution < 1.29 is 8.83 Å². The normalized spacial score (nSPS) is 9.80. The van der Waals surface area contributed by atoms with E-state index >= 15 is 0 Å². The Kier molecular flexibility index (Phi) is 1.80. The minimum Gasteiger partial charge on any atom is -0.393 e. The molecule has 1 aromatic heterocycles. The number of rotatable bonds is 2. The smallest absolute Gasteiger partial charge is 0.393 e. The van der Waals surface area contributed by atoms with Gasteiger partial charge in [-0.05, 0) is 0 Å². The molecule has 0 aliphatic rings. The summed E-state index contributed by atoms with van der Waals surface area (Å²) in [7, 11) is 1.55. The molecule has 0 N–H and O–H groups in total. The van der Waals surface area contributed by atoms with E-state index in [1.54, 1.807) is 7.05 Å². The van der Waals surface area contributed by atoms with Crippen molar-refractivity contribution in [1.82, 2.24) is 5.32 Å². The number of aryl methyl sites for hydroxylation is 1. The Morgan fingerprint density at radius 3 is 2.60 bits per heavy atom. The molecule has 0 aromatic carbocycles. The first kappa shape index (κ1) is 6.92. The van der Waals surface area contributed by atoms with Gasteiger partial charge in [-0.15, -0.1) is 0 Å². The van der Waals surface area contributed by atoms with E-state index < -0.39 is 5.82 Å². The first-order chi connectivity index (χ1) is 4.77. The summed E-state index contributed by atoms with van der Waals surface area (Å²) in [5.41, 5.74) is 0. The Balaban J connectivity index is 3.08. The SMILES string of the molecule is CCc1oc(=O)oc1[N]C. The predicted molar refractivity (Wildman–Crippen MR) is 34.3 cm³/mol. The monoisotopic (exact) mass is 142 g/mol. The fraction of sp³-hybridized carbons (Fsp3) is 0.500. The maximum Gasteiger partial charge on any atom is 0.520 e. The van der Waals surface area contributed by atoms with Crippen LogP contribution < -0.4 is 11.1 Å². The molecule has 4 heteroatoms. The molecule has 10 heavy (non-hydrogen) atoms. The van der Waals surface area contributed by atoms with Gasteiger partial charge in [0.2, 0.25) is 0 Å². The van der Waals surface area contributed by atoms with E-state index in [0.717, 1.165) is 0 Å². The van der Waals surface area contributed by atoms with Crippen molar-refractivity contribution >= 4 is 5.88 Å². The molecule has 0 amide bonds. The molecule has 1 aromatic rings. The lowest BCUT2D eigenvalue weighted by atomic mass is 10.4. The van der Waals surface area contributed by atoms with Crippen LogP contribution in [0.2, 0.25) is 0 Å². The van der Waals surface area contributed by atoms with Gasteiger partial charge >= 0.3 is 5.82 Å². The zero-order valence-corrected chi connectivity index (χ0v) is 5.88. The van der Waals surface area contributed by atoms with Gasteiger partial charge in [0.1, 0.15) is 0 Å². The molecule has 0 fully saturated rings. The molecule has 0 aliphatic heterocycles. The first-order valence-electron chi connectivity index (χ1n) is 3.00. The van der Waals surface area contributed by atoms with Crippen LogP contribution in [0.25, 0.3) is 0 Å². The lowest BCUT2D eigenvalue weighted by Gasteiger charge is -1.88. The predicted octanol–water partition coefficient (Wildman–Crippen LogP) is 0.661. The van der Waals surface area contributed by atoms with Gasteiger partial charge < -0.3 is 8.83 Å². The van der Waals surface area contributed by atoms with Gasteiger partial charge in [0.25, 0.3) is 5.88 Å². The van der Waals surface area contributed by atoms with E-state index in [1.165, 1.54) is 0 Å². The summed E-state index contributed by atoms with van der Waals surface area (Å²) in [6.45, 7) is 1.86. The van der Waals surface area contributed by atoms with Crippen molar-refractivity contribution in [2.75, 3.05) is 7.05 Å². The summed E-state index contributed by atoms with van der Waals surface area (Å²) in [5, 5.41) is 3.70. The van der Waals surface area contributed by atoms with E-state index in [1.807, 2.05) is 6.92 Å². The van der Waals surface area contributed by atoms with Gasteiger partial charge in [-0.2, -0.15) is 0 Å². The standard InChI is InChI=1S/C6H8NO3/c1-3-4-5(7-2)10-6(8)9-4/h3H2,1-2H3. The van der Waals surface area contributed by atoms with Crippen molar-refractivity contribution in [3.63, 3.8) is 0 Å². The van der Waals surface area contributed by atoms with Crippen LogP contribution in [0.3, 0.4) is 0 Å². The highest BCUT2D eigenvalue weighted by Gasteiger charge is 2.08. The highest BCUT2D eigenvalue weighted by molar-refractivity contribution is 5.24. The molecule has 55 valence electrons. The molecule has 0 spiro atoms. The van der Waals surface area contributed by atoms with Crippen molar-refractivity contribution in [2.45, 2.75) is 13.3 Å². The summed E-state index contributed by atoms with van der Waals surface area (Å²) >= 11 is 0. The van der Waals surface area contributed by atoms with E-state index in [4.69, 9.17) is 0 Å². The minimum atomic E-state index is -0.683. The summed E-state index contributed by atoms with van der Waals surface area (Å²) in [4.78, 5) is 10.4. The Morgan fingerprint density at radius 1 is 1.50 bits per heavy atom. The van der Waals surface area contributed by atoms with Crippen LogP contribution in [0.5, 0.6) is 0 Å². The highest BCUT2D eigenvalue weighted by Crippen LogP contribution is 2.12. The quantitative estimate of drug-likeness (QED) is 0.609. The van der Waals surface area contributed by atoms with Crippen LogP contribution in [0.4, 0.5) is 5.88 Å². The van der Waals surface area contributed by atoms with Gasteiger partial charge in [0.15, 0.2) is 5.76 Å². The van der Waals surface area contributed by atoms with Crippen LogP contribution in [-0.2, 0) is 6.42 Å². The number of nitrogens with zero attached hydrogens (tertiary/aromatic N) is 1. The average Bonchev–Trinajstić information content (AvgIpc) is 2.30. The maximum atomic E-state index is 10.4. The largest absolute Gasteiger partial charge is 0.520 e. The zero-order chi connectivity index (χ0) is 7.56. The van der Waals surface area contributed by atoms with Crippen molar-refractivity contribution in [3.8, 4) is 0 Å². The van der Waals surface area contributed by atoms with Crippen molar-refractivity contribution in [2.24, 2.45) is 0 Å². The van der Waals surface area contributed by atoms with E-state index in [0.29, 0.717) is 18.1 Å². The molecule has 0 saturated heterocycles. The molecule has 1 heterocycles. The third-order valence-corrected chi connectivity index (χ3v) is 1.15. The Hall–Kier alpha value is -1.19. The summed E-state index contributed by atoms with van der Waals surface area (Å²) in [6.07, 6.45) is 0.623. The molecule has 0 unspecified atom stereocenters. The van der Waals surface area contributed by atoms with Gasteiger partial charge in [-0.1, -0.05) is 6.92 Å². The van der Waals surface area contributed by atoms with Gasteiger partial charge in [-0.3, -0.25) is 5.32 Å². The molecule has 1 radical (unpaired) electrons. The van der Waals surface area contributed by atoms with Gasteiger partial charge in [-0.25, -0.2) is 4.79 Å². The molecular weight excluding hydrogens is 134 g/mol. The van der Waals surface area contributed by atoms with E-state index in [-0.39, 0.29) is 0 Å². The summed E-state index contributed by atoms with van der Waals surface area (Å²) < 4.78 is 9.20. The lowest BCUT2D eigenvalue weighted by molar-refractivity contribution is 0.374. The minimum absolute atomic E-state index is 0.299. The average molecular weight is 142 g/mol. The van der Waals surface area contributed by atoms with Crippen LogP contribution in [0.1, 0.15) is 12.7 Å². The second kappa shape index (κ2) is 2.60. The second-order valence-corrected chi connectivity index (χ2v) is 1.76. The lowest BCUT2D eigenvalue weighted by Crippen LogP contribution is -1.87. The summed E-state index contributed by atoms with van der Waals surface area (Å²) in [5.74, 6) is 0.123. The first-order valence-corrected chi connectivity index (χ1v) is 3.00. The van der Waals surface area contributed by atoms with Crippen LogP contribution in [0, 0.1) is 0 Å². The van der Waals surface area contributed by atoms with Crippen LogP contribution in [-0.4, -0.2) is 7.05 Å². The van der Waals surface area contributed by atoms with Crippen molar-refractivity contribution in [3.05, 3.63) is 16.4 Å². The van der Waals surface area contributed by atoms with Crippen LogP contribution >= 0.6 is 0 Å². The zero-order valence-electron chi connectivity index (χ0n) is 5.88. The Morgan fingerprint density at radius 2 is 2.20 bits per heavy atom. The third kappa shape index (κ3) is 1.05. The topological polar surface area (TPSA) is 57.5 Å². The van der Waals surface area contributed by atoms with Crippen molar-refractivity contribution in [1.29, 1.82) is 0 Å². The summed E-state index contributed by atoms with van der Waals surface area (Å²) in [6, 6.07) is 0. The number of hydrogen-bond acceptors (Lipinski definition) is 3. The van der Waals surface area contributed by atoms with Crippen LogP contribution in [0.15, 0.2) is 13.6 Å². The number of hydrogen-bond donors (Lipinski definition) is 0. The molecule has 4 nitrogen and oxygen atoms in total. The maximum absolute atomic E-state index is 10.4.